The predicted molar refractivity (Wildman–Crippen MR) is 62.6 cm³/mol. The van der Waals surface area contributed by atoms with E-state index < -0.39 is 18.5 Å². The molecule has 0 bridgehead atoms. The second-order valence-electron chi connectivity index (χ2n) is 3.72. The van der Waals surface area contributed by atoms with E-state index in [9.17, 15) is 9.59 Å². The first kappa shape index (κ1) is 16.6. The summed E-state index contributed by atoms with van der Waals surface area (Å²) in [5.41, 5.74) is 0. The molecule has 0 aromatic carbocycles. The first-order valence-electron chi connectivity index (χ1n) is 5.35. The van der Waals surface area contributed by atoms with Gasteiger partial charge < -0.3 is 24.6 Å². The Balaban J connectivity index is 4.13. The zero-order valence-electron chi connectivity index (χ0n) is 10.7. The largest absolute Gasteiger partial charge is 0.479 e. The molecule has 0 saturated heterocycles. The number of ether oxygens (including phenoxy) is 2. The van der Waals surface area contributed by atoms with Crippen LogP contribution in [-0.4, -0.2) is 60.8 Å². The van der Waals surface area contributed by atoms with Crippen LogP contribution in [0.1, 0.15) is 12.8 Å². The molecule has 0 heterocycles. The third-order valence-electron chi connectivity index (χ3n) is 2.05. The Labute approximate surface area is 106 Å². The van der Waals surface area contributed by atoms with Gasteiger partial charge in [-0.25, -0.2) is 4.79 Å². The van der Waals surface area contributed by atoms with Crippen molar-refractivity contribution in [2.75, 3.05) is 21.2 Å². The number of carboxylic acid groups (broad SMARTS) is 1. The van der Waals surface area contributed by atoms with Gasteiger partial charge in [0.1, 0.15) is 0 Å². The van der Waals surface area contributed by atoms with Gasteiger partial charge in [0, 0.05) is 21.2 Å². The minimum atomic E-state index is -1.57. The Hall–Kier alpha value is -1.44. The molecule has 7 heteroatoms. The molecule has 0 spiro atoms. The van der Waals surface area contributed by atoms with Crippen molar-refractivity contribution in [3.05, 3.63) is 12.2 Å². The van der Waals surface area contributed by atoms with E-state index in [0.717, 1.165) is 0 Å². The summed E-state index contributed by atoms with van der Waals surface area (Å²) in [5, 5.41) is 17.8. The highest BCUT2D eigenvalue weighted by atomic mass is 16.8. The summed E-state index contributed by atoms with van der Waals surface area (Å²) in [6.07, 6.45) is 2.20. The van der Waals surface area contributed by atoms with Crippen molar-refractivity contribution in [3.63, 3.8) is 0 Å². The fraction of sp³-hybridized carbons (Fsp3) is 0.636. The van der Waals surface area contributed by atoms with Gasteiger partial charge >= 0.3 is 5.97 Å². The van der Waals surface area contributed by atoms with E-state index in [2.05, 4.69) is 4.74 Å². The number of carbonyl (C=O) groups is 2. The molecule has 7 nitrogen and oxygen atoms in total. The van der Waals surface area contributed by atoms with Crippen LogP contribution >= 0.6 is 0 Å². The van der Waals surface area contributed by atoms with Crippen LogP contribution in [0.2, 0.25) is 0 Å². The third kappa shape index (κ3) is 7.00. The van der Waals surface area contributed by atoms with Crippen LogP contribution in [0.25, 0.3) is 0 Å². The number of nitrogens with zero attached hydrogens (tertiary/aromatic N) is 1. The van der Waals surface area contributed by atoms with Crippen LogP contribution in [0.3, 0.4) is 0 Å². The molecule has 0 aliphatic rings. The Morgan fingerprint density at radius 3 is 2.44 bits per heavy atom. The molecule has 0 radical (unpaired) electrons. The molecule has 2 atom stereocenters. The molecule has 1 unspecified atom stereocenters. The fourth-order valence-corrected chi connectivity index (χ4v) is 1.03. The topological polar surface area (TPSA) is 96.3 Å². The van der Waals surface area contributed by atoms with Crippen LogP contribution in [0.15, 0.2) is 12.2 Å². The first-order valence-corrected chi connectivity index (χ1v) is 5.35. The van der Waals surface area contributed by atoms with Crippen LogP contribution in [0, 0.1) is 0 Å². The highest BCUT2D eigenvalue weighted by molar-refractivity contribution is 5.87. The SMILES string of the molecule is COC(O)O[C@@H](CC/C=C/C(=O)N(C)C)C(=O)O. The van der Waals surface area contributed by atoms with Gasteiger partial charge in [-0.1, -0.05) is 6.08 Å². The second-order valence-corrected chi connectivity index (χ2v) is 3.72. The molecule has 104 valence electrons. The van der Waals surface area contributed by atoms with Gasteiger partial charge in [-0.05, 0) is 18.9 Å². The minimum Gasteiger partial charge on any atom is -0.479 e. The number of aliphatic carboxylic acids is 1. The molecule has 0 rings (SSSR count). The number of likely N-dealkylation sites (N-methyl/N-ethyl adjacent to an activating group) is 1. The summed E-state index contributed by atoms with van der Waals surface area (Å²) >= 11 is 0. The van der Waals surface area contributed by atoms with Crippen molar-refractivity contribution < 1.29 is 29.3 Å². The highest BCUT2D eigenvalue weighted by Crippen LogP contribution is 2.06. The standard InChI is InChI=1S/C11H19NO6/c1-12(2)9(13)7-5-4-6-8(10(14)15)18-11(16)17-3/h5,7-8,11,16H,4,6H2,1-3H3,(H,14,15)/b7-5+/t8-,11?/m0/s1. The minimum absolute atomic E-state index is 0.132. The van der Waals surface area contributed by atoms with Crippen molar-refractivity contribution in [2.45, 2.75) is 25.4 Å². The molecule has 0 fully saturated rings. The van der Waals surface area contributed by atoms with Gasteiger partial charge in [-0.2, -0.15) is 0 Å². The smallest absolute Gasteiger partial charge is 0.333 e. The van der Waals surface area contributed by atoms with Crippen molar-refractivity contribution in [3.8, 4) is 0 Å². The maximum absolute atomic E-state index is 11.2. The van der Waals surface area contributed by atoms with Crippen molar-refractivity contribution >= 4 is 11.9 Å². The average molecular weight is 261 g/mol. The van der Waals surface area contributed by atoms with Gasteiger partial charge in [0.05, 0.1) is 0 Å². The zero-order chi connectivity index (χ0) is 14.1. The number of allylic oxidation sites excluding steroid dienone is 1. The van der Waals surface area contributed by atoms with E-state index in [4.69, 9.17) is 14.9 Å². The maximum Gasteiger partial charge on any atom is 0.333 e. The van der Waals surface area contributed by atoms with Gasteiger partial charge in [-0.15, -0.1) is 0 Å². The van der Waals surface area contributed by atoms with E-state index in [1.54, 1.807) is 20.2 Å². The molecule has 18 heavy (non-hydrogen) atoms. The Bertz CT molecular complexity index is 302. The van der Waals surface area contributed by atoms with E-state index in [1.807, 2.05) is 0 Å². The Kier molecular flexibility index (Phi) is 7.93. The summed E-state index contributed by atoms with van der Waals surface area (Å²) < 4.78 is 9.12. The van der Waals surface area contributed by atoms with E-state index in [-0.39, 0.29) is 12.3 Å². The lowest BCUT2D eigenvalue weighted by Crippen LogP contribution is -2.30. The van der Waals surface area contributed by atoms with Gasteiger partial charge in [-0.3, -0.25) is 4.79 Å². The lowest BCUT2D eigenvalue weighted by molar-refractivity contribution is -0.270. The number of carboxylic acids is 1. The molecule has 0 aliphatic heterocycles. The Morgan fingerprint density at radius 1 is 1.39 bits per heavy atom. The number of aliphatic hydroxyl groups excluding tert-OH is 1. The molecule has 1 amide bonds. The molecule has 0 aliphatic carbocycles. The molecular weight excluding hydrogens is 242 g/mol. The molecular formula is C11H19NO6. The van der Waals surface area contributed by atoms with Crippen LogP contribution < -0.4 is 0 Å². The lowest BCUT2D eigenvalue weighted by Gasteiger charge is -2.16. The number of methoxy groups -OCH3 is 1. The number of hydrogen-bond donors (Lipinski definition) is 2. The second kappa shape index (κ2) is 8.62. The monoisotopic (exact) mass is 261 g/mol. The summed E-state index contributed by atoms with van der Waals surface area (Å²) in [7, 11) is 4.43. The summed E-state index contributed by atoms with van der Waals surface area (Å²) in [5.74, 6) is -1.38. The average Bonchev–Trinajstić information content (AvgIpc) is 2.31. The molecule has 0 aromatic rings. The summed E-state index contributed by atoms with van der Waals surface area (Å²) in [4.78, 5) is 23.4. The van der Waals surface area contributed by atoms with E-state index >= 15 is 0 Å². The number of aliphatic hydroxyl groups is 1. The zero-order valence-corrected chi connectivity index (χ0v) is 10.7. The number of hydrogen-bond acceptors (Lipinski definition) is 5. The fourth-order valence-electron chi connectivity index (χ4n) is 1.03. The Morgan fingerprint density at radius 2 is 2.00 bits per heavy atom. The lowest BCUT2D eigenvalue weighted by atomic mass is 10.2. The van der Waals surface area contributed by atoms with Gasteiger partial charge in [0.2, 0.25) is 5.91 Å². The summed E-state index contributed by atoms with van der Waals surface area (Å²) in [6, 6.07) is 0. The predicted octanol–water partition coefficient (Wildman–Crippen LogP) is -0.197. The van der Waals surface area contributed by atoms with Crippen molar-refractivity contribution in [1.82, 2.24) is 4.90 Å². The maximum atomic E-state index is 11.2. The highest BCUT2D eigenvalue weighted by Gasteiger charge is 2.20. The number of rotatable bonds is 8. The van der Waals surface area contributed by atoms with E-state index in [0.29, 0.717) is 6.42 Å². The van der Waals surface area contributed by atoms with Crippen LogP contribution in [-0.2, 0) is 19.1 Å². The number of amides is 1. The van der Waals surface area contributed by atoms with Crippen molar-refractivity contribution in [1.29, 1.82) is 0 Å². The number of carbonyl (C=O) groups excluding carboxylic acids is 1. The van der Waals surface area contributed by atoms with Crippen LogP contribution in [0.4, 0.5) is 0 Å². The van der Waals surface area contributed by atoms with Crippen molar-refractivity contribution in [2.24, 2.45) is 0 Å². The van der Waals surface area contributed by atoms with Gasteiger partial charge in [0.25, 0.3) is 6.48 Å². The third-order valence-corrected chi connectivity index (χ3v) is 2.05. The first-order chi connectivity index (χ1) is 8.38. The van der Waals surface area contributed by atoms with Gasteiger partial charge in [0.15, 0.2) is 6.10 Å². The molecule has 0 aromatic heterocycles. The van der Waals surface area contributed by atoms with Crippen LogP contribution in [0.5, 0.6) is 0 Å². The normalized spacial score (nSPS) is 14.4. The van der Waals surface area contributed by atoms with E-state index in [1.165, 1.54) is 18.1 Å². The quantitative estimate of drug-likeness (QED) is 0.464. The summed E-state index contributed by atoms with van der Waals surface area (Å²) in [6.45, 7) is -1.57. The molecule has 0 saturated carbocycles. The molecule has 2 N–H and O–H groups in total.